The van der Waals surface area contributed by atoms with Gasteiger partial charge in [-0.05, 0) is 72.6 Å². The van der Waals surface area contributed by atoms with E-state index in [1.165, 1.54) is 10.5 Å². The van der Waals surface area contributed by atoms with Crippen LogP contribution in [-0.2, 0) is 11.4 Å². The number of amides is 2. The summed E-state index contributed by atoms with van der Waals surface area (Å²) in [4.78, 5) is 26.7. The number of aryl methyl sites for hydroxylation is 2. The van der Waals surface area contributed by atoms with E-state index in [4.69, 9.17) is 9.47 Å². The Labute approximate surface area is 198 Å². The third kappa shape index (κ3) is 5.84. The van der Waals surface area contributed by atoms with Crippen LogP contribution in [0.25, 0.3) is 6.08 Å². The molecule has 1 heterocycles. The largest absolute Gasteiger partial charge is 0.492 e. The van der Waals surface area contributed by atoms with Crippen molar-refractivity contribution >= 4 is 29.0 Å². The Kier molecular flexibility index (Phi) is 7.15. The molecule has 168 valence electrons. The third-order valence-corrected chi connectivity index (χ3v) is 6.22. The maximum absolute atomic E-state index is 12.7. The van der Waals surface area contributed by atoms with E-state index in [1.807, 2.05) is 73.7 Å². The number of thioether (sulfide) groups is 1. The second-order valence-electron chi connectivity index (χ2n) is 7.78. The summed E-state index contributed by atoms with van der Waals surface area (Å²) < 4.78 is 11.5. The van der Waals surface area contributed by atoms with Gasteiger partial charge in [0, 0.05) is 0 Å². The lowest BCUT2D eigenvalue weighted by atomic mass is 10.1. The zero-order chi connectivity index (χ0) is 23.2. The minimum absolute atomic E-state index is 0.210. The third-order valence-electron chi connectivity index (χ3n) is 5.31. The van der Waals surface area contributed by atoms with Crippen LogP contribution in [0.15, 0.2) is 77.7 Å². The first-order valence-electron chi connectivity index (χ1n) is 10.7. The molecule has 0 N–H and O–H groups in total. The van der Waals surface area contributed by atoms with E-state index >= 15 is 0 Å². The van der Waals surface area contributed by atoms with Crippen LogP contribution in [0.4, 0.5) is 4.79 Å². The van der Waals surface area contributed by atoms with Crippen molar-refractivity contribution in [2.45, 2.75) is 20.5 Å². The Morgan fingerprint density at radius 1 is 0.848 bits per heavy atom. The van der Waals surface area contributed by atoms with Crippen LogP contribution in [0.3, 0.4) is 0 Å². The topological polar surface area (TPSA) is 55.8 Å². The van der Waals surface area contributed by atoms with E-state index in [9.17, 15) is 9.59 Å². The van der Waals surface area contributed by atoms with Gasteiger partial charge in [0.15, 0.2) is 0 Å². The molecule has 4 rings (SSSR count). The van der Waals surface area contributed by atoms with Crippen molar-refractivity contribution in [3.05, 3.63) is 100.0 Å². The molecule has 5 nitrogen and oxygen atoms in total. The fraction of sp³-hybridized carbons (Fsp3) is 0.185. The number of hydrogen-bond donors (Lipinski definition) is 0. The van der Waals surface area contributed by atoms with Crippen LogP contribution >= 0.6 is 11.8 Å². The van der Waals surface area contributed by atoms with E-state index in [0.29, 0.717) is 17.3 Å². The highest BCUT2D eigenvalue weighted by molar-refractivity contribution is 8.18. The van der Waals surface area contributed by atoms with Gasteiger partial charge in [-0.15, -0.1) is 0 Å². The number of carbonyl (C=O) groups excluding carboxylic acids is 2. The molecule has 33 heavy (non-hydrogen) atoms. The summed E-state index contributed by atoms with van der Waals surface area (Å²) in [5, 5.41) is -0.281. The van der Waals surface area contributed by atoms with Gasteiger partial charge in [0.1, 0.15) is 24.7 Å². The van der Waals surface area contributed by atoms with Crippen molar-refractivity contribution in [2.24, 2.45) is 0 Å². The Bertz CT molecular complexity index is 1170. The van der Waals surface area contributed by atoms with Crippen LogP contribution in [0, 0.1) is 13.8 Å². The van der Waals surface area contributed by atoms with Gasteiger partial charge in [-0.2, -0.15) is 0 Å². The summed E-state index contributed by atoms with van der Waals surface area (Å²) in [6.45, 7) is 5.02. The normalized spacial score (nSPS) is 14.7. The first kappa shape index (κ1) is 22.7. The van der Waals surface area contributed by atoms with Gasteiger partial charge in [0.25, 0.3) is 11.1 Å². The lowest BCUT2D eigenvalue weighted by molar-refractivity contribution is -0.123. The average molecular weight is 460 g/mol. The van der Waals surface area contributed by atoms with Crippen molar-refractivity contribution in [1.29, 1.82) is 0 Å². The van der Waals surface area contributed by atoms with Crippen molar-refractivity contribution in [2.75, 3.05) is 13.2 Å². The Morgan fingerprint density at radius 2 is 1.52 bits per heavy atom. The maximum Gasteiger partial charge on any atom is 0.293 e. The van der Waals surface area contributed by atoms with Crippen LogP contribution in [0.2, 0.25) is 0 Å². The molecular weight excluding hydrogens is 434 g/mol. The van der Waals surface area contributed by atoms with Crippen molar-refractivity contribution in [3.8, 4) is 11.5 Å². The van der Waals surface area contributed by atoms with Crippen LogP contribution < -0.4 is 9.47 Å². The molecule has 1 saturated heterocycles. The highest BCUT2D eigenvalue weighted by atomic mass is 32.2. The number of nitrogens with zero attached hydrogens (tertiary/aromatic N) is 1. The van der Waals surface area contributed by atoms with Crippen LogP contribution in [0.1, 0.15) is 22.3 Å². The molecule has 0 bridgehead atoms. The summed E-state index contributed by atoms with van der Waals surface area (Å²) in [6.07, 6.45) is 1.73. The van der Waals surface area contributed by atoms with E-state index in [0.717, 1.165) is 34.2 Å². The van der Waals surface area contributed by atoms with Crippen LogP contribution in [0.5, 0.6) is 11.5 Å². The molecule has 0 spiro atoms. The molecule has 0 aromatic heterocycles. The summed E-state index contributed by atoms with van der Waals surface area (Å²) in [5.74, 6) is 1.17. The molecule has 3 aromatic rings. The van der Waals surface area contributed by atoms with Crippen molar-refractivity contribution in [1.82, 2.24) is 4.90 Å². The zero-order valence-electron chi connectivity index (χ0n) is 18.6. The number of benzene rings is 3. The number of imide groups is 1. The Morgan fingerprint density at radius 3 is 2.24 bits per heavy atom. The predicted molar refractivity (Wildman–Crippen MR) is 131 cm³/mol. The fourth-order valence-corrected chi connectivity index (χ4v) is 4.19. The second kappa shape index (κ2) is 10.4. The SMILES string of the molecule is Cc1ccc(OCCN2C(=O)S/C(=C\c3ccc(OCc4ccccc4C)cc3)C2=O)cc1. The lowest BCUT2D eigenvalue weighted by Gasteiger charge is -2.13. The summed E-state index contributed by atoms with van der Waals surface area (Å²) >= 11 is 0.950. The summed E-state index contributed by atoms with van der Waals surface area (Å²) in [6, 6.07) is 23.2. The minimum Gasteiger partial charge on any atom is -0.492 e. The molecule has 1 aliphatic rings. The van der Waals surface area contributed by atoms with Gasteiger partial charge in [-0.1, -0.05) is 54.1 Å². The predicted octanol–water partition coefficient (Wildman–Crippen LogP) is 6.00. The fourth-order valence-electron chi connectivity index (χ4n) is 3.33. The van der Waals surface area contributed by atoms with Crippen LogP contribution in [-0.4, -0.2) is 29.2 Å². The van der Waals surface area contributed by atoms with E-state index in [2.05, 4.69) is 13.0 Å². The lowest BCUT2D eigenvalue weighted by Crippen LogP contribution is -2.32. The van der Waals surface area contributed by atoms with Gasteiger partial charge < -0.3 is 9.47 Å². The standard InChI is InChI=1S/C27H25NO4S/c1-19-7-11-23(12-8-19)31-16-15-28-26(29)25(33-27(28)30)17-21-9-13-24(14-10-21)32-18-22-6-4-3-5-20(22)2/h3-14,17H,15-16,18H2,1-2H3/b25-17-. The average Bonchev–Trinajstić information content (AvgIpc) is 3.08. The number of carbonyl (C=O) groups is 2. The molecule has 0 unspecified atom stereocenters. The first-order valence-corrected chi connectivity index (χ1v) is 11.5. The Hall–Kier alpha value is -3.51. The van der Waals surface area contributed by atoms with Gasteiger partial charge in [-0.3, -0.25) is 14.5 Å². The smallest absolute Gasteiger partial charge is 0.293 e. The zero-order valence-corrected chi connectivity index (χ0v) is 19.4. The van der Waals surface area contributed by atoms with Gasteiger partial charge >= 0.3 is 0 Å². The minimum atomic E-state index is -0.294. The molecule has 3 aromatic carbocycles. The Balaban J connectivity index is 1.32. The van der Waals surface area contributed by atoms with E-state index in [-0.39, 0.29) is 24.3 Å². The molecular formula is C27H25NO4S. The molecule has 1 fully saturated rings. The highest BCUT2D eigenvalue weighted by Gasteiger charge is 2.34. The molecule has 0 atom stereocenters. The van der Waals surface area contributed by atoms with Gasteiger partial charge in [0.2, 0.25) is 0 Å². The molecule has 0 saturated carbocycles. The first-order chi connectivity index (χ1) is 16.0. The molecule has 0 aliphatic carbocycles. The van der Waals surface area contributed by atoms with Gasteiger partial charge in [0.05, 0.1) is 11.4 Å². The summed E-state index contributed by atoms with van der Waals surface area (Å²) in [5.41, 5.74) is 4.31. The number of rotatable bonds is 8. The highest BCUT2D eigenvalue weighted by Crippen LogP contribution is 2.32. The number of ether oxygens (including phenoxy) is 2. The second-order valence-corrected chi connectivity index (χ2v) is 8.77. The number of hydrogen-bond acceptors (Lipinski definition) is 5. The molecule has 1 aliphatic heterocycles. The summed E-state index contributed by atoms with van der Waals surface area (Å²) in [7, 11) is 0. The van der Waals surface area contributed by atoms with E-state index < -0.39 is 0 Å². The quantitative estimate of drug-likeness (QED) is 0.387. The van der Waals surface area contributed by atoms with Crippen molar-refractivity contribution in [3.63, 3.8) is 0 Å². The molecule has 2 amide bonds. The van der Waals surface area contributed by atoms with Gasteiger partial charge in [-0.25, -0.2) is 0 Å². The molecule has 0 radical (unpaired) electrons. The molecule has 6 heteroatoms. The van der Waals surface area contributed by atoms with E-state index in [1.54, 1.807) is 6.08 Å². The monoisotopic (exact) mass is 459 g/mol. The maximum atomic E-state index is 12.7. The van der Waals surface area contributed by atoms with Crippen molar-refractivity contribution < 1.29 is 19.1 Å².